The monoisotopic (exact) mass is 487 g/mol. The summed E-state index contributed by atoms with van der Waals surface area (Å²) in [5, 5.41) is 6.07. The maximum atomic E-state index is 13.3. The van der Waals surface area contributed by atoms with E-state index in [9.17, 15) is 9.59 Å². The molecule has 2 amide bonds. The van der Waals surface area contributed by atoms with Gasteiger partial charge in [-0.05, 0) is 92.5 Å². The van der Waals surface area contributed by atoms with Gasteiger partial charge >= 0.3 is 0 Å². The number of aryl methyl sites for hydroxylation is 1. The molecule has 1 heterocycles. The van der Waals surface area contributed by atoms with Crippen LogP contribution in [0.2, 0.25) is 0 Å². The molecule has 7 nitrogen and oxygen atoms in total. The first-order valence-electron chi connectivity index (χ1n) is 12.2. The first-order chi connectivity index (χ1) is 17.4. The average molecular weight is 488 g/mol. The lowest BCUT2D eigenvalue weighted by molar-refractivity contribution is -0.118. The average Bonchev–Trinajstić information content (AvgIpc) is 3.56. The van der Waals surface area contributed by atoms with Crippen LogP contribution in [0.1, 0.15) is 35.8 Å². The molecule has 2 aliphatic rings. The van der Waals surface area contributed by atoms with E-state index in [-0.39, 0.29) is 20.0 Å². The highest BCUT2D eigenvalue weighted by molar-refractivity contribution is 6.02. The number of hydrogen-bond acceptors (Lipinski definition) is 5. The molecule has 0 radical (unpaired) electrons. The van der Waals surface area contributed by atoms with Gasteiger partial charge in [0.15, 0.2) is 11.5 Å². The van der Waals surface area contributed by atoms with Crippen molar-refractivity contribution in [2.45, 2.75) is 25.2 Å². The molecule has 0 bridgehead atoms. The van der Waals surface area contributed by atoms with Crippen LogP contribution in [-0.2, 0) is 10.2 Å². The molecular formula is C29H33N3O4. The number of rotatable bonds is 8. The van der Waals surface area contributed by atoms with Crippen LogP contribution in [0.4, 0.5) is 5.69 Å². The van der Waals surface area contributed by atoms with Gasteiger partial charge in [-0.25, -0.2) is 0 Å². The Balaban J connectivity index is 0.00000320. The number of anilines is 1. The van der Waals surface area contributed by atoms with Crippen molar-refractivity contribution in [2.75, 3.05) is 39.3 Å². The molecule has 1 aliphatic carbocycles. The Morgan fingerprint density at radius 2 is 1.72 bits per heavy atom. The highest BCUT2D eigenvalue weighted by Gasteiger charge is 2.51. The first-order valence-corrected chi connectivity index (χ1v) is 12.2. The molecule has 0 unspecified atom stereocenters. The van der Waals surface area contributed by atoms with Gasteiger partial charge in [-0.1, -0.05) is 24.3 Å². The zero-order valence-corrected chi connectivity index (χ0v) is 20.9. The van der Waals surface area contributed by atoms with Crippen molar-refractivity contribution in [1.82, 2.24) is 10.2 Å². The number of carbonyl (C=O) groups is 2. The van der Waals surface area contributed by atoms with Crippen LogP contribution in [0.15, 0.2) is 60.7 Å². The summed E-state index contributed by atoms with van der Waals surface area (Å²) in [4.78, 5) is 27.8. The van der Waals surface area contributed by atoms with Crippen LogP contribution in [0.3, 0.4) is 0 Å². The van der Waals surface area contributed by atoms with Gasteiger partial charge in [-0.2, -0.15) is 0 Å². The normalized spacial score (nSPS) is 15.0. The van der Waals surface area contributed by atoms with Gasteiger partial charge in [0.2, 0.25) is 12.7 Å². The topological polar surface area (TPSA) is 79.9 Å². The van der Waals surface area contributed by atoms with Gasteiger partial charge in [0.25, 0.3) is 5.91 Å². The van der Waals surface area contributed by atoms with Crippen molar-refractivity contribution in [3.63, 3.8) is 0 Å². The SMILES string of the molecule is Cc1ccc(NC(=O)C2(c3ccc4c(c3)OCO4)CC2)cc1-c1ccc(C(=O)NCCN(C)C)cc1.[HH]. The molecule has 7 heteroatoms. The molecule has 5 rings (SSSR count). The van der Waals surface area contributed by atoms with Crippen molar-refractivity contribution in [2.24, 2.45) is 0 Å². The smallest absolute Gasteiger partial charge is 0.251 e. The van der Waals surface area contributed by atoms with Crippen molar-refractivity contribution in [3.05, 3.63) is 77.4 Å². The van der Waals surface area contributed by atoms with Crippen molar-refractivity contribution < 1.29 is 20.5 Å². The Labute approximate surface area is 212 Å². The second-order valence-electron chi connectivity index (χ2n) is 9.77. The fourth-order valence-electron chi connectivity index (χ4n) is 4.52. The summed E-state index contributed by atoms with van der Waals surface area (Å²) in [7, 11) is 3.95. The lowest BCUT2D eigenvalue weighted by Crippen LogP contribution is -2.31. The van der Waals surface area contributed by atoms with Gasteiger partial charge in [0.1, 0.15) is 0 Å². The van der Waals surface area contributed by atoms with Crippen LogP contribution < -0.4 is 20.1 Å². The molecule has 188 valence electrons. The molecule has 2 N–H and O–H groups in total. The standard InChI is InChI=1S/C29H31N3O4.H2/c1-19-4-10-23(17-24(19)20-5-7-21(8-6-20)27(33)30-14-15-32(2)3)31-28(34)29(12-13-29)22-9-11-25-26(16-22)36-18-35-25;/h4-11,16-17H,12-15,18H2,1-3H3,(H,30,33)(H,31,34);1H. The van der Waals surface area contributed by atoms with Gasteiger partial charge in [0, 0.05) is 25.8 Å². The van der Waals surface area contributed by atoms with E-state index in [0.717, 1.165) is 53.1 Å². The second-order valence-corrected chi connectivity index (χ2v) is 9.77. The molecule has 0 aromatic heterocycles. The van der Waals surface area contributed by atoms with Crippen LogP contribution in [0.25, 0.3) is 11.1 Å². The molecule has 3 aromatic carbocycles. The lowest BCUT2D eigenvalue weighted by Gasteiger charge is -2.17. The van der Waals surface area contributed by atoms with Crippen molar-refractivity contribution in [1.29, 1.82) is 0 Å². The van der Waals surface area contributed by atoms with Crippen molar-refractivity contribution in [3.8, 4) is 22.6 Å². The van der Waals surface area contributed by atoms with Crippen LogP contribution in [0.5, 0.6) is 11.5 Å². The van der Waals surface area contributed by atoms with E-state index < -0.39 is 5.41 Å². The quantitative estimate of drug-likeness (QED) is 0.486. The van der Waals surface area contributed by atoms with E-state index in [4.69, 9.17) is 9.47 Å². The predicted octanol–water partition coefficient (Wildman–Crippen LogP) is 4.60. The minimum atomic E-state index is -0.534. The van der Waals surface area contributed by atoms with Crippen LogP contribution in [-0.4, -0.2) is 50.7 Å². The maximum Gasteiger partial charge on any atom is 0.251 e. The van der Waals surface area contributed by atoms with E-state index in [1.165, 1.54) is 0 Å². The molecule has 3 aromatic rings. The zero-order valence-electron chi connectivity index (χ0n) is 20.9. The largest absolute Gasteiger partial charge is 0.454 e. The minimum absolute atomic E-state index is 0. The van der Waals surface area contributed by atoms with E-state index in [1.807, 2.05) is 86.6 Å². The number of hydrogen-bond donors (Lipinski definition) is 2. The van der Waals surface area contributed by atoms with Crippen molar-refractivity contribution >= 4 is 17.5 Å². The molecular weight excluding hydrogens is 454 g/mol. The van der Waals surface area contributed by atoms with E-state index in [2.05, 4.69) is 10.6 Å². The predicted molar refractivity (Wildman–Crippen MR) is 142 cm³/mol. The molecule has 36 heavy (non-hydrogen) atoms. The molecule has 0 saturated heterocycles. The Kier molecular flexibility index (Phi) is 6.41. The third-order valence-electron chi connectivity index (χ3n) is 6.91. The van der Waals surface area contributed by atoms with Gasteiger partial charge in [-0.15, -0.1) is 0 Å². The summed E-state index contributed by atoms with van der Waals surface area (Å²) in [5.74, 6) is 1.31. The van der Waals surface area contributed by atoms with Crippen LogP contribution >= 0.6 is 0 Å². The summed E-state index contributed by atoms with van der Waals surface area (Å²) in [6, 6.07) is 19.3. The molecule has 1 fully saturated rings. The van der Waals surface area contributed by atoms with E-state index >= 15 is 0 Å². The number of ether oxygens (including phenoxy) is 2. The molecule has 1 aliphatic heterocycles. The Hall–Kier alpha value is -3.84. The highest BCUT2D eigenvalue weighted by atomic mass is 16.7. The minimum Gasteiger partial charge on any atom is -0.454 e. The number of benzene rings is 3. The van der Waals surface area contributed by atoms with Crippen LogP contribution in [0, 0.1) is 6.92 Å². The second kappa shape index (κ2) is 9.66. The summed E-state index contributed by atoms with van der Waals surface area (Å²) >= 11 is 0. The molecule has 0 atom stereocenters. The number of likely N-dealkylation sites (N-methyl/N-ethyl adjacent to an activating group) is 1. The van der Waals surface area contributed by atoms with Gasteiger partial charge in [-0.3, -0.25) is 9.59 Å². The summed E-state index contributed by atoms with van der Waals surface area (Å²) in [6.07, 6.45) is 1.60. The summed E-state index contributed by atoms with van der Waals surface area (Å²) < 4.78 is 10.9. The molecule has 1 saturated carbocycles. The fourth-order valence-corrected chi connectivity index (χ4v) is 4.52. The lowest BCUT2D eigenvalue weighted by atomic mass is 9.94. The maximum absolute atomic E-state index is 13.3. The fraction of sp³-hybridized carbons (Fsp3) is 0.310. The first kappa shape index (κ1) is 23.9. The van der Waals surface area contributed by atoms with Gasteiger partial charge < -0.3 is 25.0 Å². The number of nitrogens with zero attached hydrogens (tertiary/aromatic N) is 1. The number of fused-ring (bicyclic) bond motifs is 1. The molecule has 0 spiro atoms. The number of amides is 2. The third kappa shape index (κ3) is 4.79. The number of carbonyl (C=O) groups excluding carboxylic acids is 2. The van der Waals surface area contributed by atoms with E-state index in [0.29, 0.717) is 17.9 Å². The zero-order chi connectivity index (χ0) is 25.3. The number of nitrogens with one attached hydrogen (secondary N) is 2. The summed E-state index contributed by atoms with van der Waals surface area (Å²) in [5.41, 5.74) is 4.89. The highest BCUT2D eigenvalue weighted by Crippen LogP contribution is 2.51. The third-order valence-corrected chi connectivity index (χ3v) is 6.91. The summed E-state index contributed by atoms with van der Waals surface area (Å²) in [6.45, 7) is 3.64. The Bertz CT molecular complexity index is 1300. The van der Waals surface area contributed by atoms with E-state index in [1.54, 1.807) is 0 Å². The Morgan fingerprint density at radius 3 is 2.44 bits per heavy atom. The van der Waals surface area contributed by atoms with Gasteiger partial charge in [0.05, 0.1) is 5.41 Å². The Morgan fingerprint density at radius 1 is 0.972 bits per heavy atom.